The van der Waals surface area contributed by atoms with Crippen molar-refractivity contribution in [3.05, 3.63) is 77.5 Å². The number of amides is 5. The summed E-state index contributed by atoms with van der Waals surface area (Å²) in [5.41, 5.74) is 4.12. The van der Waals surface area contributed by atoms with Crippen molar-refractivity contribution in [2.24, 2.45) is 0 Å². The van der Waals surface area contributed by atoms with Crippen LogP contribution in [-0.4, -0.2) is 39.2 Å². The fourth-order valence-electron chi connectivity index (χ4n) is 4.25. The lowest BCUT2D eigenvalue weighted by Gasteiger charge is -2.32. The van der Waals surface area contributed by atoms with Gasteiger partial charge in [0.1, 0.15) is 5.54 Å². The summed E-state index contributed by atoms with van der Waals surface area (Å²) in [5, 5.41) is 3.45. The summed E-state index contributed by atoms with van der Waals surface area (Å²) in [6.07, 6.45) is 4.37. The van der Waals surface area contributed by atoms with Crippen LogP contribution in [0.2, 0.25) is 0 Å². The molecule has 1 fully saturated rings. The zero-order valence-electron chi connectivity index (χ0n) is 18.6. The first-order valence-electron chi connectivity index (χ1n) is 10.8. The number of fused-ring (bicyclic) bond motifs is 1. The monoisotopic (exact) mass is 446 g/mol. The number of rotatable bonds is 6. The van der Waals surface area contributed by atoms with Crippen molar-refractivity contribution in [3.63, 3.8) is 0 Å². The van der Waals surface area contributed by atoms with Crippen molar-refractivity contribution < 1.29 is 19.2 Å². The van der Waals surface area contributed by atoms with Crippen LogP contribution in [0, 0.1) is 0 Å². The number of imide groups is 1. The molecule has 2 unspecified atom stereocenters. The number of nitrogens with one attached hydrogen (secondary N) is 2. The second kappa shape index (κ2) is 8.90. The van der Waals surface area contributed by atoms with Gasteiger partial charge in [-0.15, -0.1) is 0 Å². The molecule has 2 N–H and O–H groups in total. The maximum atomic E-state index is 13.0. The molecule has 1 saturated heterocycles. The fraction of sp³-hybridized carbons (Fsp3) is 0.280. The molecule has 170 valence electrons. The lowest BCUT2D eigenvalue weighted by atomic mass is 9.93. The number of urea groups is 1. The average Bonchev–Trinajstić information content (AvgIpc) is 3.01. The Morgan fingerprint density at radius 1 is 1.06 bits per heavy atom. The number of carbonyl (C=O) groups excluding carboxylic acids is 4. The molecule has 8 heteroatoms. The quantitative estimate of drug-likeness (QED) is 0.667. The third-order valence-corrected chi connectivity index (χ3v) is 6.10. The van der Waals surface area contributed by atoms with Gasteiger partial charge in [0.05, 0.1) is 12.5 Å². The van der Waals surface area contributed by atoms with Crippen molar-refractivity contribution >= 4 is 29.8 Å². The Morgan fingerprint density at radius 2 is 1.76 bits per heavy atom. The van der Waals surface area contributed by atoms with E-state index in [9.17, 15) is 19.2 Å². The Labute approximate surface area is 192 Å². The van der Waals surface area contributed by atoms with E-state index in [-0.39, 0.29) is 12.3 Å². The van der Waals surface area contributed by atoms with E-state index in [0.717, 1.165) is 21.7 Å². The number of hydrogen-bond acceptors (Lipinski definition) is 4. The number of carbonyl (C=O) groups is 4. The minimum absolute atomic E-state index is 0.0985. The molecule has 33 heavy (non-hydrogen) atoms. The summed E-state index contributed by atoms with van der Waals surface area (Å²) < 4.78 is 0. The molecule has 2 aromatic rings. The van der Waals surface area contributed by atoms with E-state index in [1.54, 1.807) is 13.1 Å². The summed E-state index contributed by atoms with van der Waals surface area (Å²) in [7, 11) is 0. The van der Waals surface area contributed by atoms with E-state index >= 15 is 0 Å². The van der Waals surface area contributed by atoms with Gasteiger partial charge in [-0.05, 0) is 42.5 Å². The standard InChI is InChI=1S/C25H26N4O4/c1-17(30)28-15-13-19-10-6-7-11-20(19)21(28)16-22(31)27-29-23(32)25(2,26-24(29)33)14-12-18-8-4-3-5-9-18/h3-11,13,15,21H,12,14,16H2,1-2H3,(H,26,33)(H,27,31). The molecule has 8 nitrogen and oxygen atoms in total. The molecule has 0 radical (unpaired) electrons. The minimum atomic E-state index is -1.12. The van der Waals surface area contributed by atoms with Crippen LogP contribution in [0.25, 0.3) is 6.08 Å². The van der Waals surface area contributed by atoms with Crippen LogP contribution in [0.4, 0.5) is 4.79 Å². The first-order valence-corrected chi connectivity index (χ1v) is 10.8. The number of benzene rings is 2. The van der Waals surface area contributed by atoms with Gasteiger partial charge in [0, 0.05) is 13.1 Å². The molecule has 2 aliphatic rings. The largest absolute Gasteiger partial charge is 0.344 e. The number of hydrazine groups is 1. The Bertz CT molecular complexity index is 1130. The number of hydrogen-bond donors (Lipinski definition) is 2. The van der Waals surface area contributed by atoms with Crippen LogP contribution in [0.3, 0.4) is 0 Å². The number of nitrogens with zero attached hydrogens (tertiary/aromatic N) is 2. The first kappa shape index (κ1) is 22.3. The third kappa shape index (κ3) is 4.50. The van der Waals surface area contributed by atoms with Gasteiger partial charge in [-0.2, -0.15) is 5.01 Å². The van der Waals surface area contributed by atoms with E-state index in [1.165, 1.54) is 11.8 Å². The summed E-state index contributed by atoms with van der Waals surface area (Å²) >= 11 is 0. The molecule has 4 rings (SSSR count). The summed E-state index contributed by atoms with van der Waals surface area (Å²) in [6, 6.07) is 16.0. The highest BCUT2D eigenvalue weighted by molar-refractivity contribution is 6.07. The second-order valence-electron chi connectivity index (χ2n) is 8.51. The van der Waals surface area contributed by atoms with Gasteiger partial charge >= 0.3 is 6.03 Å². The predicted octanol–water partition coefficient (Wildman–Crippen LogP) is 2.93. The molecule has 2 aliphatic heterocycles. The third-order valence-electron chi connectivity index (χ3n) is 6.10. The zero-order valence-corrected chi connectivity index (χ0v) is 18.6. The van der Waals surface area contributed by atoms with Crippen LogP contribution in [0.5, 0.6) is 0 Å². The van der Waals surface area contributed by atoms with Gasteiger partial charge in [0.2, 0.25) is 11.8 Å². The maximum Gasteiger partial charge on any atom is 0.344 e. The van der Waals surface area contributed by atoms with Crippen LogP contribution < -0.4 is 10.7 Å². The van der Waals surface area contributed by atoms with Crippen molar-refractivity contribution in [3.8, 4) is 0 Å². The van der Waals surface area contributed by atoms with Crippen molar-refractivity contribution in [2.75, 3.05) is 0 Å². The molecule has 0 spiro atoms. The van der Waals surface area contributed by atoms with Crippen molar-refractivity contribution in [1.82, 2.24) is 20.7 Å². The molecule has 5 amide bonds. The SMILES string of the molecule is CC(=O)N1C=Cc2ccccc2C1CC(=O)NN1C(=O)NC(C)(CCc2ccccc2)C1=O. The van der Waals surface area contributed by atoms with Gasteiger partial charge in [0.15, 0.2) is 0 Å². The number of aryl methyl sites for hydroxylation is 1. The smallest absolute Gasteiger partial charge is 0.322 e. The highest BCUT2D eigenvalue weighted by atomic mass is 16.2. The highest BCUT2D eigenvalue weighted by Gasteiger charge is 2.48. The highest BCUT2D eigenvalue weighted by Crippen LogP contribution is 2.33. The van der Waals surface area contributed by atoms with Crippen LogP contribution in [0.1, 0.15) is 49.4 Å². The zero-order chi connectivity index (χ0) is 23.6. The van der Waals surface area contributed by atoms with Gasteiger partial charge in [-0.25, -0.2) is 4.79 Å². The average molecular weight is 447 g/mol. The van der Waals surface area contributed by atoms with E-state index in [4.69, 9.17) is 0 Å². The van der Waals surface area contributed by atoms with E-state index in [1.807, 2.05) is 60.7 Å². The lowest BCUT2D eigenvalue weighted by Crippen LogP contribution is -2.49. The predicted molar refractivity (Wildman–Crippen MR) is 122 cm³/mol. The first-order chi connectivity index (χ1) is 15.8. The fourth-order valence-corrected chi connectivity index (χ4v) is 4.25. The second-order valence-corrected chi connectivity index (χ2v) is 8.51. The molecule has 0 aromatic heterocycles. The summed E-state index contributed by atoms with van der Waals surface area (Å²) in [5.74, 6) is -1.25. The van der Waals surface area contributed by atoms with Crippen LogP contribution in [-0.2, 0) is 20.8 Å². The maximum absolute atomic E-state index is 13.0. The summed E-state index contributed by atoms with van der Waals surface area (Å²) in [4.78, 5) is 52.0. The Balaban J connectivity index is 1.44. The molecule has 2 aromatic carbocycles. The lowest BCUT2D eigenvalue weighted by molar-refractivity contribution is -0.140. The topological polar surface area (TPSA) is 98.8 Å². The Hall–Kier alpha value is -3.94. The van der Waals surface area contributed by atoms with E-state index in [0.29, 0.717) is 12.8 Å². The van der Waals surface area contributed by atoms with Crippen LogP contribution >= 0.6 is 0 Å². The van der Waals surface area contributed by atoms with Crippen LogP contribution in [0.15, 0.2) is 60.8 Å². The van der Waals surface area contributed by atoms with E-state index < -0.39 is 29.4 Å². The Morgan fingerprint density at radius 3 is 2.48 bits per heavy atom. The van der Waals surface area contributed by atoms with Gasteiger partial charge < -0.3 is 10.2 Å². The molecule has 0 aliphatic carbocycles. The normalized spacial score (nSPS) is 21.6. The van der Waals surface area contributed by atoms with Crippen molar-refractivity contribution in [2.45, 2.75) is 44.7 Å². The molecule has 0 saturated carbocycles. The summed E-state index contributed by atoms with van der Waals surface area (Å²) in [6.45, 7) is 3.08. The molecule has 2 atom stereocenters. The Kier molecular flexibility index (Phi) is 6.00. The molecule has 0 bridgehead atoms. The van der Waals surface area contributed by atoms with Gasteiger partial charge in [-0.3, -0.25) is 19.8 Å². The van der Waals surface area contributed by atoms with Crippen molar-refractivity contribution in [1.29, 1.82) is 0 Å². The molecular formula is C25H26N4O4. The van der Waals surface area contributed by atoms with E-state index in [2.05, 4.69) is 10.7 Å². The molecule has 2 heterocycles. The van der Waals surface area contributed by atoms with Gasteiger partial charge in [-0.1, -0.05) is 54.6 Å². The minimum Gasteiger partial charge on any atom is -0.322 e. The molecular weight excluding hydrogens is 420 g/mol. The van der Waals surface area contributed by atoms with Gasteiger partial charge in [0.25, 0.3) is 5.91 Å².